The van der Waals surface area contributed by atoms with E-state index in [2.05, 4.69) is 0 Å². The fraction of sp³-hybridized carbons (Fsp3) is 0.600. The van der Waals surface area contributed by atoms with Crippen molar-refractivity contribution in [2.75, 3.05) is 13.2 Å². The number of aromatic nitrogens is 2. The zero-order valence-electron chi connectivity index (χ0n) is 15.2. The Bertz CT molecular complexity index is 822. The van der Waals surface area contributed by atoms with Gasteiger partial charge in [0, 0.05) is 6.07 Å². The predicted molar refractivity (Wildman–Crippen MR) is 95.2 cm³/mol. The fourth-order valence-electron chi connectivity index (χ4n) is 2.48. The van der Waals surface area contributed by atoms with Gasteiger partial charge in [0.15, 0.2) is 6.23 Å². The molecule has 1 aliphatic rings. The third-order valence-electron chi connectivity index (χ3n) is 4.00. The van der Waals surface area contributed by atoms with E-state index in [0.29, 0.717) is 30.0 Å². The zero-order chi connectivity index (χ0) is 22.3. The lowest BCUT2D eigenvalue weighted by Crippen LogP contribution is -2.40. The fourth-order valence-corrected chi connectivity index (χ4v) is 2.48. The van der Waals surface area contributed by atoms with Crippen LogP contribution < -0.4 is 22.7 Å². The van der Waals surface area contributed by atoms with Crippen LogP contribution in [0, 0.1) is 0 Å². The summed E-state index contributed by atoms with van der Waals surface area (Å²) in [7, 11) is 0. The summed E-state index contributed by atoms with van der Waals surface area (Å²) in [6.45, 7) is -0.129. The Kier molecular flexibility index (Phi) is 9.09. The molecule has 1 aliphatic heterocycles. The van der Waals surface area contributed by atoms with E-state index in [9.17, 15) is 29.4 Å². The van der Waals surface area contributed by atoms with Crippen LogP contribution in [-0.4, -0.2) is 84.5 Å². The number of nitrogens with one attached hydrogen (secondary N) is 1. The summed E-state index contributed by atoms with van der Waals surface area (Å²) in [5, 5.41) is 45.6. The molecule has 0 spiro atoms. The molecule has 2 rings (SSSR count). The van der Waals surface area contributed by atoms with Crippen molar-refractivity contribution in [3.05, 3.63) is 32.6 Å². The maximum Gasteiger partial charge on any atom is 0.352 e. The first kappa shape index (κ1) is 24.4. The normalized spacial score (nSPS) is 24.4. The highest BCUT2D eigenvalue weighted by molar-refractivity contribution is 5.85. The van der Waals surface area contributed by atoms with Gasteiger partial charge in [0.2, 0.25) is 0 Å². The number of carbonyl (C=O) groups is 2. The molecule has 0 aliphatic carbocycles. The lowest BCUT2D eigenvalue weighted by Gasteiger charge is -2.19. The highest BCUT2D eigenvalue weighted by Crippen LogP contribution is 2.28. The summed E-state index contributed by atoms with van der Waals surface area (Å²) < 4.78 is 5.57. The largest absolute Gasteiger partial charge is 0.480 e. The Hall–Kier alpha value is -2.62. The average molecular weight is 420 g/mol. The Morgan fingerprint density at radius 2 is 1.86 bits per heavy atom. The molecule has 1 aromatic heterocycles. The van der Waals surface area contributed by atoms with Crippen molar-refractivity contribution in [1.82, 2.24) is 9.55 Å². The van der Waals surface area contributed by atoms with Crippen molar-refractivity contribution in [2.45, 2.75) is 43.4 Å². The molecule has 0 saturated carbocycles. The SMILES string of the molecule is NCCCC(N)C(=O)O.O=C(O)c1cc(=O)[nH]c(=O)n1[C@@H]1O[C@H](CO)[C@@H](O)[C@H]1O. The van der Waals surface area contributed by atoms with Crippen molar-refractivity contribution in [2.24, 2.45) is 11.5 Å². The number of H-pyrrole nitrogens is 1. The average Bonchev–Trinajstić information content (AvgIpc) is 2.93. The Labute approximate surface area is 163 Å². The summed E-state index contributed by atoms with van der Waals surface area (Å²) >= 11 is 0. The van der Waals surface area contributed by atoms with E-state index in [4.69, 9.17) is 31.5 Å². The molecule has 1 saturated heterocycles. The molecule has 14 heteroatoms. The molecule has 0 bridgehead atoms. The van der Waals surface area contributed by atoms with Crippen molar-refractivity contribution in [3.8, 4) is 0 Å². The molecule has 29 heavy (non-hydrogen) atoms. The van der Waals surface area contributed by atoms with Crippen LogP contribution in [0.1, 0.15) is 29.6 Å². The number of rotatable bonds is 7. The number of hydrogen-bond acceptors (Lipinski definition) is 10. The van der Waals surface area contributed by atoms with Crippen LogP contribution in [0.15, 0.2) is 15.7 Å². The van der Waals surface area contributed by atoms with Gasteiger partial charge in [0.1, 0.15) is 30.0 Å². The second kappa shape index (κ2) is 10.8. The van der Waals surface area contributed by atoms with Gasteiger partial charge in [0.05, 0.1) is 6.61 Å². The maximum absolute atomic E-state index is 11.7. The number of aromatic amines is 1. The number of aliphatic carboxylic acids is 1. The molecule has 1 unspecified atom stereocenters. The third-order valence-corrected chi connectivity index (χ3v) is 4.00. The highest BCUT2D eigenvalue weighted by atomic mass is 16.6. The van der Waals surface area contributed by atoms with Gasteiger partial charge >= 0.3 is 17.6 Å². The molecule has 10 N–H and O–H groups in total. The maximum atomic E-state index is 11.7. The van der Waals surface area contributed by atoms with Gasteiger partial charge in [-0.25, -0.2) is 9.59 Å². The van der Waals surface area contributed by atoms with E-state index < -0.39 is 66.1 Å². The second-order valence-corrected chi connectivity index (χ2v) is 6.10. The molecule has 2 heterocycles. The number of aromatic carboxylic acids is 1. The van der Waals surface area contributed by atoms with E-state index in [1.165, 1.54) is 0 Å². The molecular formula is C15H24N4O10. The third kappa shape index (κ3) is 6.18. The number of carboxylic acids is 2. The Balaban J connectivity index is 0.000000396. The number of nitrogens with two attached hydrogens (primary N) is 2. The van der Waals surface area contributed by atoms with Crippen LogP contribution in [0.3, 0.4) is 0 Å². The van der Waals surface area contributed by atoms with Crippen LogP contribution in [0.25, 0.3) is 0 Å². The van der Waals surface area contributed by atoms with Gasteiger partial charge in [-0.2, -0.15) is 0 Å². The number of aliphatic hydroxyl groups is 3. The molecular weight excluding hydrogens is 396 g/mol. The first-order valence-corrected chi connectivity index (χ1v) is 8.45. The van der Waals surface area contributed by atoms with Gasteiger partial charge in [-0.05, 0) is 19.4 Å². The summed E-state index contributed by atoms with van der Waals surface area (Å²) in [6.07, 6.45) is -4.69. The molecule has 0 amide bonds. The summed E-state index contributed by atoms with van der Waals surface area (Å²) in [6, 6.07) is -0.0908. The van der Waals surface area contributed by atoms with Gasteiger partial charge < -0.3 is 41.7 Å². The van der Waals surface area contributed by atoms with Crippen LogP contribution in [-0.2, 0) is 9.53 Å². The molecule has 1 fully saturated rings. The van der Waals surface area contributed by atoms with Crippen LogP contribution in [0.4, 0.5) is 0 Å². The Morgan fingerprint density at radius 3 is 2.31 bits per heavy atom. The molecule has 0 radical (unpaired) electrons. The van der Waals surface area contributed by atoms with E-state index in [0.717, 1.165) is 0 Å². The summed E-state index contributed by atoms with van der Waals surface area (Å²) in [5.74, 6) is -2.53. The first-order chi connectivity index (χ1) is 13.5. The van der Waals surface area contributed by atoms with Crippen LogP contribution in [0.5, 0.6) is 0 Å². The molecule has 1 aromatic rings. The molecule has 14 nitrogen and oxygen atoms in total. The minimum Gasteiger partial charge on any atom is -0.480 e. The number of ether oxygens (including phenoxy) is 1. The lowest BCUT2D eigenvalue weighted by atomic mass is 10.1. The number of nitrogens with zero attached hydrogens (tertiary/aromatic N) is 1. The Morgan fingerprint density at radius 1 is 1.24 bits per heavy atom. The number of hydrogen-bond donors (Lipinski definition) is 8. The monoisotopic (exact) mass is 420 g/mol. The van der Waals surface area contributed by atoms with E-state index in [-0.39, 0.29) is 0 Å². The topological polar surface area (TPSA) is 251 Å². The molecule has 5 atom stereocenters. The standard InChI is InChI=1S/C10H12N2O8.C5H12N2O2/c13-2-4-6(15)7(16)8(20-4)12-3(9(17)18)1-5(14)11-10(12)19;6-3-1-2-4(7)5(8)9/h1,4,6-8,13,15-16H,2H2,(H,17,18)(H,11,14,19);4H,1-3,6-7H2,(H,8,9)/t4-,6-,7-,8-;/m1./s1. The van der Waals surface area contributed by atoms with E-state index >= 15 is 0 Å². The zero-order valence-corrected chi connectivity index (χ0v) is 15.2. The van der Waals surface area contributed by atoms with Crippen LogP contribution >= 0.6 is 0 Å². The quantitative estimate of drug-likeness (QED) is 0.210. The highest BCUT2D eigenvalue weighted by Gasteiger charge is 2.44. The van der Waals surface area contributed by atoms with Crippen molar-refractivity contribution < 1.29 is 39.9 Å². The van der Waals surface area contributed by atoms with E-state index in [1.807, 2.05) is 4.98 Å². The smallest absolute Gasteiger partial charge is 0.352 e. The van der Waals surface area contributed by atoms with Crippen LogP contribution in [0.2, 0.25) is 0 Å². The van der Waals surface area contributed by atoms with Crippen molar-refractivity contribution >= 4 is 11.9 Å². The van der Waals surface area contributed by atoms with Gasteiger partial charge in [-0.1, -0.05) is 0 Å². The predicted octanol–water partition coefficient (Wildman–Crippen LogP) is -4.02. The van der Waals surface area contributed by atoms with Gasteiger partial charge in [-0.15, -0.1) is 0 Å². The second-order valence-electron chi connectivity index (χ2n) is 6.10. The lowest BCUT2D eigenvalue weighted by molar-refractivity contribution is -0.138. The number of carboxylic acid groups (broad SMARTS) is 2. The first-order valence-electron chi connectivity index (χ1n) is 8.45. The van der Waals surface area contributed by atoms with E-state index in [1.54, 1.807) is 0 Å². The molecule has 164 valence electrons. The molecule has 0 aromatic carbocycles. The van der Waals surface area contributed by atoms with Gasteiger partial charge in [-0.3, -0.25) is 19.1 Å². The van der Waals surface area contributed by atoms with Gasteiger partial charge in [0.25, 0.3) is 5.56 Å². The number of aliphatic hydroxyl groups excluding tert-OH is 3. The van der Waals surface area contributed by atoms with Crippen molar-refractivity contribution in [1.29, 1.82) is 0 Å². The minimum absolute atomic E-state index is 0.464. The summed E-state index contributed by atoms with van der Waals surface area (Å²) in [4.78, 5) is 45.8. The summed E-state index contributed by atoms with van der Waals surface area (Å²) in [5.41, 5.74) is 7.55. The minimum atomic E-state index is -1.63. The van der Waals surface area contributed by atoms with Crippen molar-refractivity contribution in [3.63, 3.8) is 0 Å².